The Labute approximate surface area is 93.2 Å². The summed E-state index contributed by atoms with van der Waals surface area (Å²) in [4.78, 5) is 9.66. The molecule has 2 heterocycles. The lowest BCUT2D eigenvalue weighted by Crippen LogP contribution is -2.18. The molecule has 0 amide bonds. The molecule has 0 spiro atoms. The fraction of sp³-hybridized carbons (Fsp3) is 0.273. The Hall–Kier alpha value is -1.26. The third-order valence-electron chi connectivity index (χ3n) is 2.16. The minimum absolute atomic E-state index is 0.355. The Morgan fingerprint density at radius 1 is 1.33 bits per heavy atom. The summed E-state index contributed by atoms with van der Waals surface area (Å²) in [6.07, 6.45) is 3.53. The second kappa shape index (κ2) is 5.00. The van der Waals surface area contributed by atoms with E-state index >= 15 is 0 Å². The molecule has 0 radical (unpaired) electrons. The fourth-order valence-electron chi connectivity index (χ4n) is 1.30. The predicted molar refractivity (Wildman–Crippen MR) is 61.6 cm³/mol. The molecule has 15 heavy (non-hydrogen) atoms. The second-order valence-electron chi connectivity index (χ2n) is 3.28. The van der Waals surface area contributed by atoms with Crippen LogP contribution in [0, 0.1) is 0 Å². The molecule has 1 N–H and O–H groups in total. The zero-order valence-corrected chi connectivity index (χ0v) is 9.37. The van der Waals surface area contributed by atoms with Gasteiger partial charge in [-0.1, -0.05) is 6.07 Å². The molecule has 0 aliphatic rings. The van der Waals surface area contributed by atoms with Crippen molar-refractivity contribution in [3.63, 3.8) is 0 Å². The maximum Gasteiger partial charge on any atom is 0.141 e. The van der Waals surface area contributed by atoms with E-state index in [2.05, 4.69) is 39.7 Å². The second-order valence-corrected chi connectivity index (χ2v) is 4.26. The van der Waals surface area contributed by atoms with E-state index in [0.29, 0.717) is 12.6 Å². The highest BCUT2D eigenvalue weighted by Crippen LogP contribution is 2.17. The van der Waals surface area contributed by atoms with Crippen LogP contribution in [0.4, 0.5) is 0 Å². The van der Waals surface area contributed by atoms with E-state index < -0.39 is 0 Å². The van der Waals surface area contributed by atoms with Gasteiger partial charge in [0.25, 0.3) is 0 Å². The zero-order chi connectivity index (χ0) is 10.5. The van der Waals surface area contributed by atoms with Gasteiger partial charge in [-0.25, -0.2) is 9.97 Å². The van der Waals surface area contributed by atoms with Crippen molar-refractivity contribution in [2.45, 2.75) is 19.5 Å². The molecule has 0 aromatic carbocycles. The lowest BCUT2D eigenvalue weighted by molar-refractivity contribution is 0.566. The zero-order valence-electron chi connectivity index (χ0n) is 8.55. The highest BCUT2D eigenvalue weighted by Gasteiger charge is 2.05. The largest absolute Gasteiger partial charge is 0.302 e. The first-order chi connectivity index (χ1) is 7.36. The number of rotatable bonds is 4. The highest BCUT2D eigenvalue weighted by molar-refractivity contribution is 7.10. The first-order valence-electron chi connectivity index (χ1n) is 4.89. The van der Waals surface area contributed by atoms with Crippen molar-refractivity contribution in [1.29, 1.82) is 0 Å². The lowest BCUT2D eigenvalue weighted by atomic mass is 10.3. The van der Waals surface area contributed by atoms with Crippen molar-refractivity contribution < 1.29 is 0 Å². The molecule has 78 valence electrons. The highest BCUT2D eigenvalue weighted by atomic mass is 32.1. The van der Waals surface area contributed by atoms with E-state index in [1.807, 2.05) is 6.07 Å². The van der Waals surface area contributed by atoms with Crippen molar-refractivity contribution in [3.8, 4) is 0 Å². The number of nitrogens with one attached hydrogen (secondary N) is 1. The summed E-state index contributed by atoms with van der Waals surface area (Å²) in [5.41, 5.74) is 0. The Morgan fingerprint density at radius 2 is 2.13 bits per heavy atom. The molecule has 4 heteroatoms. The van der Waals surface area contributed by atoms with Crippen molar-refractivity contribution in [3.05, 3.63) is 46.7 Å². The summed E-state index contributed by atoms with van der Waals surface area (Å²) in [5, 5.41) is 5.48. The maximum atomic E-state index is 4.16. The van der Waals surface area contributed by atoms with E-state index in [9.17, 15) is 0 Å². The Bertz CT molecular complexity index is 385. The number of aromatic nitrogens is 2. The normalized spacial score (nSPS) is 12.6. The average Bonchev–Trinajstić information content (AvgIpc) is 2.81. The smallest absolute Gasteiger partial charge is 0.141 e. The van der Waals surface area contributed by atoms with Gasteiger partial charge < -0.3 is 5.32 Å². The molecule has 0 unspecified atom stereocenters. The van der Waals surface area contributed by atoms with Crippen LogP contribution < -0.4 is 5.32 Å². The summed E-state index contributed by atoms with van der Waals surface area (Å²) < 4.78 is 0. The van der Waals surface area contributed by atoms with Crippen LogP contribution >= 0.6 is 11.3 Å². The van der Waals surface area contributed by atoms with Gasteiger partial charge in [0.2, 0.25) is 0 Å². The lowest BCUT2D eigenvalue weighted by Gasteiger charge is -2.10. The minimum Gasteiger partial charge on any atom is -0.302 e. The van der Waals surface area contributed by atoms with Gasteiger partial charge in [0.05, 0.1) is 6.54 Å². The maximum absolute atomic E-state index is 4.16. The van der Waals surface area contributed by atoms with Gasteiger partial charge in [0, 0.05) is 23.3 Å². The van der Waals surface area contributed by atoms with Crippen LogP contribution in [0.5, 0.6) is 0 Å². The van der Waals surface area contributed by atoms with E-state index in [4.69, 9.17) is 0 Å². The Morgan fingerprint density at radius 3 is 2.80 bits per heavy atom. The summed E-state index contributed by atoms with van der Waals surface area (Å²) >= 11 is 1.76. The van der Waals surface area contributed by atoms with Crippen molar-refractivity contribution >= 4 is 11.3 Å². The quantitative estimate of drug-likeness (QED) is 0.858. The molecule has 0 aliphatic carbocycles. The summed E-state index contributed by atoms with van der Waals surface area (Å²) in [7, 11) is 0. The predicted octanol–water partition coefficient (Wildman–Crippen LogP) is 2.39. The molecular weight excluding hydrogens is 206 g/mol. The number of thiophene rings is 1. The molecule has 0 saturated carbocycles. The summed E-state index contributed by atoms with van der Waals surface area (Å²) in [5.74, 6) is 0.834. The molecule has 0 bridgehead atoms. The standard InChI is InChI=1S/C11H13N3S/c1-9(10-4-2-7-15-10)14-8-11-12-5-3-6-13-11/h2-7,9,14H,8H2,1H3/t9-/m0/s1. The fourth-order valence-corrected chi connectivity index (χ4v) is 2.06. The van der Waals surface area contributed by atoms with E-state index in [1.54, 1.807) is 23.7 Å². The summed E-state index contributed by atoms with van der Waals surface area (Å²) in [6.45, 7) is 2.86. The topological polar surface area (TPSA) is 37.8 Å². The molecule has 3 nitrogen and oxygen atoms in total. The minimum atomic E-state index is 0.355. The van der Waals surface area contributed by atoms with Gasteiger partial charge in [-0.3, -0.25) is 0 Å². The average molecular weight is 219 g/mol. The van der Waals surface area contributed by atoms with Crippen LogP contribution in [0.15, 0.2) is 36.0 Å². The monoisotopic (exact) mass is 219 g/mol. The molecule has 0 fully saturated rings. The van der Waals surface area contributed by atoms with E-state index in [0.717, 1.165) is 5.82 Å². The SMILES string of the molecule is C[C@H](NCc1ncccn1)c1cccs1. The van der Waals surface area contributed by atoms with Gasteiger partial charge in [-0.05, 0) is 24.4 Å². The van der Waals surface area contributed by atoms with Gasteiger partial charge >= 0.3 is 0 Å². The van der Waals surface area contributed by atoms with Gasteiger partial charge in [0.1, 0.15) is 5.82 Å². The van der Waals surface area contributed by atoms with Crippen LogP contribution in [-0.4, -0.2) is 9.97 Å². The van der Waals surface area contributed by atoms with Crippen LogP contribution in [-0.2, 0) is 6.54 Å². The first-order valence-corrected chi connectivity index (χ1v) is 5.77. The number of hydrogen-bond donors (Lipinski definition) is 1. The molecular formula is C11H13N3S. The molecule has 1 atom stereocenters. The Balaban J connectivity index is 1.89. The molecule has 2 rings (SSSR count). The molecule has 2 aromatic heterocycles. The van der Waals surface area contributed by atoms with Crippen LogP contribution in [0.1, 0.15) is 23.7 Å². The van der Waals surface area contributed by atoms with Crippen LogP contribution in [0.3, 0.4) is 0 Å². The van der Waals surface area contributed by atoms with Crippen LogP contribution in [0.2, 0.25) is 0 Å². The van der Waals surface area contributed by atoms with E-state index in [1.165, 1.54) is 4.88 Å². The Kier molecular flexibility index (Phi) is 3.42. The summed E-state index contributed by atoms with van der Waals surface area (Å²) in [6, 6.07) is 6.38. The van der Waals surface area contributed by atoms with Gasteiger partial charge in [0.15, 0.2) is 0 Å². The molecule has 2 aromatic rings. The van der Waals surface area contributed by atoms with Crippen LogP contribution in [0.25, 0.3) is 0 Å². The third-order valence-corrected chi connectivity index (χ3v) is 3.21. The van der Waals surface area contributed by atoms with Gasteiger partial charge in [-0.2, -0.15) is 0 Å². The molecule has 0 aliphatic heterocycles. The van der Waals surface area contributed by atoms with Crippen molar-refractivity contribution in [1.82, 2.24) is 15.3 Å². The third kappa shape index (κ3) is 2.84. The van der Waals surface area contributed by atoms with Crippen molar-refractivity contribution in [2.75, 3.05) is 0 Å². The van der Waals surface area contributed by atoms with Crippen molar-refractivity contribution in [2.24, 2.45) is 0 Å². The van der Waals surface area contributed by atoms with E-state index in [-0.39, 0.29) is 0 Å². The number of nitrogens with zero attached hydrogens (tertiary/aromatic N) is 2. The molecule has 0 saturated heterocycles. The van der Waals surface area contributed by atoms with Gasteiger partial charge in [-0.15, -0.1) is 11.3 Å². The number of hydrogen-bond acceptors (Lipinski definition) is 4. The first kappa shape index (κ1) is 10.3.